The molecule has 6 nitrogen and oxygen atoms in total. The molecule has 0 aromatic carbocycles. The fourth-order valence-corrected chi connectivity index (χ4v) is 4.38. The van der Waals surface area contributed by atoms with Crippen molar-refractivity contribution >= 4 is 23.6 Å². The first-order chi connectivity index (χ1) is 12.5. The summed E-state index contributed by atoms with van der Waals surface area (Å²) in [5, 5.41) is 4.81. The van der Waals surface area contributed by atoms with Crippen LogP contribution in [0.1, 0.15) is 51.9 Å². The van der Waals surface area contributed by atoms with Crippen LogP contribution in [0, 0.1) is 23.2 Å². The Balaban J connectivity index is 0.000000158. The van der Waals surface area contributed by atoms with Gasteiger partial charge in [0.15, 0.2) is 0 Å². The quantitative estimate of drug-likeness (QED) is 0.596. The van der Waals surface area contributed by atoms with Crippen molar-refractivity contribution in [1.82, 2.24) is 10.6 Å². The van der Waals surface area contributed by atoms with Gasteiger partial charge in [-0.3, -0.25) is 29.8 Å². The SMILES string of the molecule is CCCCC12C=CCCC1C(=O)NC2=O.O=C1NC(=O)C2CCC=CC12. The van der Waals surface area contributed by atoms with Gasteiger partial charge in [0.1, 0.15) is 0 Å². The van der Waals surface area contributed by atoms with Crippen molar-refractivity contribution in [2.75, 3.05) is 0 Å². The summed E-state index contributed by atoms with van der Waals surface area (Å²) in [6, 6.07) is 0. The van der Waals surface area contributed by atoms with Crippen LogP contribution in [0.4, 0.5) is 0 Å². The van der Waals surface area contributed by atoms with Gasteiger partial charge in [-0.1, -0.05) is 44.1 Å². The molecule has 26 heavy (non-hydrogen) atoms. The fourth-order valence-electron chi connectivity index (χ4n) is 4.38. The molecular weight excluding hydrogens is 332 g/mol. The number of amides is 4. The molecule has 0 aromatic heterocycles. The maximum Gasteiger partial charge on any atom is 0.237 e. The van der Waals surface area contributed by atoms with Crippen LogP contribution in [-0.4, -0.2) is 23.6 Å². The molecule has 0 saturated carbocycles. The molecular formula is C20H26N2O4. The van der Waals surface area contributed by atoms with Crippen LogP contribution in [0.15, 0.2) is 24.3 Å². The summed E-state index contributed by atoms with van der Waals surface area (Å²) in [7, 11) is 0. The molecule has 6 heteroatoms. The second kappa shape index (κ2) is 7.56. The average Bonchev–Trinajstić information content (AvgIpc) is 3.08. The number of allylic oxidation sites excluding steroid dienone is 2. The lowest BCUT2D eigenvalue weighted by Gasteiger charge is -2.30. The number of unbranched alkanes of at least 4 members (excludes halogenated alkanes) is 1. The zero-order valence-electron chi connectivity index (χ0n) is 15.1. The van der Waals surface area contributed by atoms with E-state index in [4.69, 9.17) is 0 Å². The molecule has 4 aliphatic rings. The van der Waals surface area contributed by atoms with E-state index in [1.165, 1.54) is 0 Å². The summed E-state index contributed by atoms with van der Waals surface area (Å²) in [6.45, 7) is 2.10. The summed E-state index contributed by atoms with van der Waals surface area (Å²) >= 11 is 0. The number of carbonyl (C=O) groups excluding carboxylic acids is 4. The first-order valence-electron chi connectivity index (χ1n) is 9.54. The minimum atomic E-state index is -0.509. The van der Waals surface area contributed by atoms with Crippen LogP contribution < -0.4 is 10.6 Å². The van der Waals surface area contributed by atoms with Crippen LogP contribution in [0.2, 0.25) is 0 Å². The van der Waals surface area contributed by atoms with Crippen molar-refractivity contribution < 1.29 is 19.2 Å². The summed E-state index contributed by atoms with van der Waals surface area (Å²) in [6.07, 6.45) is 14.2. The zero-order valence-corrected chi connectivity index (χ0v) is 15.1. The molecule has 4 amide bonds. The van der Waals surface area contributed by atoms with Crippen molar-refractivity contribution in [3.05, 3.63) is 24.3 Å². The molecule has 2 fully saturated rings. The van der Waals surface area contributed by atoms with Gasteiger partial charge in [-0.2, -0.15) is 0 Å². The molecule has 2 aliphatic carbocycles. The maximum atomic E-state index is 11.9. The highest BCUT2D eigenvalue weighted by atomic mass is 16.2. The van der Waals surface area contributed by atoms with Crippen LogP contribution in [0.3, 0.4) is 0 Å². The third kappa shape index (κ3) is 3.24. The van der Waals surface area contributed by atoms with Gasteiger partial charge >= 0.3 is 0 Å². The predicted octanol–water partition coefficient (Wildman–Crippen LogP) is 2.01. The van der Waals surface area contributed by atoms with E-state index in [9.17, 15) is 19.2 Å². The standard InChI is InChI=1S/C12H17NO2.C8H9NO2/c1-2-3-7-12-8-5-4-6-9(12)10(14)13-11(12)15;10-7-5-3-1-2-4-6(5)8(11)9-7/h5,8-9H,2-4,6-7H2,1H3,(H,13,14,15);1,3,5-6H,2,4H2,(H,9,10,11). The smallest absolute Gasteiger partial charge is 0.237 e. The molecule has 0 spiro atoms. The number of fused-ring (bicyclic) bond motifs is 2. The number of imide groups is 2. The van der Waals surface area contributed by atoms with Crippen molar-refractivity contribution in [3.8, 4) is 0 Å². The maximum absolute atomic E-state index is 11.9. The van der Waals surface area contributed by atoms with Crippen LogP contribution in [-0.2, 0) is 19.2 Å². The number of nitrogens with one attached hydrogen (secondary N) is 2. The van der Waals surface area contributed by atoms with E-state index in [0.29, 0.717) is 0 Å². The Hall–Kier alpha value is -2.24. The lowest BCUT2D eigenvalue weighted by molar-refractivity contribution is -0.128. The van der Waals surface area contributed by atoms with Crippen LogP contribution >= 0.6 is 0 Å². The van der Waals surface area contributed by atoms with E-state index >= 15 is 0 Å². The van der Waals surface area contributed by atoms with Crippen molar-refractivity contribution in [2.45, 2.75) is 51.9 Å². The highest BCUT2D eigenvalue weighted by Crippen LogP contribution is 2.44. The van der Waals surface area contributed by atoms with Gasteiger partial charge in [-0.15, -0.1) is 0 Å². The number of hydrogen-bond acceptors (Lipinski definition) is 4. The number of rotatable bonds is 3. The van der Waals surface area contributed by atoms with Gasteiger partial charge in [-0.05, 0) is 32.1 Å². The van der Waals surface area contributed by atoms with Crippen molar-refractivity contribution in [1.29, 1.82) is 0 Å². The van der Waals surface area contributed by atoms with Gasteiger partial charge in [0.25, 0.3) is 0 Å². The van der Waals surface area contributed by atoms with Gasteiger partial charge in [0.05, 0.1) is 23.2 Å². The van der Waals surface area contributed by atoms with Crippen LogP contribution in [0.5, 0.6) is 0 Å². The van der Waals surface area contributed by atoms with E-state index in [2.05, 4.69) is 17.6 Å². The number of hydrogen-bond donors (Lipinski definition) is 2. The topological polar surface area (TPSA) is 92.3 Å². The summed E-state index contributed by atoms with van der Waals surface area (Å²) in [5.74, 6) is -0.729. The van der Waals surface area contributed by atoms with E-state index in [-0.39, 0.29) is 41.4 Å². The normalized spacial score (nSPS) is 34.6. The summed E-state index contributed by atoms with van der Waals surface area (Å²) < 4.78 is 0. The second-order valence-corrected chi connectivity index (χ2v) is 7.49. The van der Waals surface area contributed by atoms with Gasteiger partial charge < -0.3 is 0 Å². The second-order valence-electron chi connectivity index (χ2n) is 7.49. The first-order valence-corrected chi connectivity index (χ1v) is 9.54. The molecule has 2 heterocycles. The lowest BCUT2D eigenvalue weighted by atomic mass is 9.69. The summed E-state index contributed by atoms with van der Waals surface area (Å²) in [4.78, 5) is 45.6. The third-order valence-electron chi connectivity index (χ3n) is 5.89. The molecule has 4 rings (SSSR count). The highest BCUT2D eigenvalue weighted by Gasteiger charge is 2.53. The molecule has 0 radical (unpaired) electrons. The third-order valence-corrected chi connectivity index (χ3v) is 5.89. The Kier molecular flexibility index (Phi) is 5.39. The molecule has 4 atom stereocenters. The van der Waals surface area contributed by atoms with Gasteiger partial charge in [-0.25, -0.2) is 0 Å². The highest BCUT2D eigenvalue weighted by molar-refractivity contribution is 6.08. The molecule has 0 bridgehead atoms. The molecule has 2 saturated heterocycles. The van der Waals surface area contributed by atoms with Gasteiger partial charge in [0.2, 0.25) is 23.6 Å². The van der Waals surface area contributed by atoms with E-state index in [1.807, 2.05) is 24.3 Å². The largest absolute Gasteiger partial charge is 0.296 e. The monoisotopic (exact) mass is 358 g/mol. The Labute approximate surface area is 153 Å². The van der Waals surface area contributed by atoms with E-state index < -0.39 is 5.41 Å². The average molecular weight is 358 g/mol. The Morgan fingerprint density at radius 3 is 2.50 bits per heavy atom. The Bertz CT molecular complexity index is 681. The Morgan fingerprint density at radius 2 is 1.77 bits per heavy atom. The zero-order chi connectivity index (χ0) is 18.7. The van der Waals surface area contributed by atoms with E-state index in [1.54, 1.807) is 0 Å². The van der Waals surface area contributed by atoms with E-state index in [0.717, 1.165) is 44.9 Å². The fraction of sp³-hybridized carbons (Fsp3) is 0.600. The molecule has 4 unspecified atom stereocenters. The molecule has 140 valence electrons. The van der Waals surface area contributed by atoms with Crippen LogP contribution in [0.25, 0.3) is 0 Å². The summed E-state index contributed by atoms with van der Waals surface area (Å²) in [5.41, 5.74) is -0.509. The minimum absolute atomic E-state index is 0.0690. The molecule has 2 aliphatic heterocycles. The van der Waals surface area contributed by atoms with Crippen molar-refractivity contribution in [2.24, 2.45) is 23.2 Å². The predicted molar refractivity (Wildman–Crippen MR) is 95.5 cm³/mol. The lowest BCUT2D eigenvalue weighted by Crippen LogP contribution is -2.34. The molecule has 0 aromatic rings. The minimum Gasteiger partial charge on any atom is -0.296 e. The van der Waals surface area contributed by atoms with Crippen molar-refractivity contribution in [3.63, 3.8) is 0 Å². The van der Waals surface area contributed by atoms with Gasteiger partial charge in [0, 0.05) is 0 Å². The molecule has 2 N–H and O–H groups in total. The Morgan fingerprint density at radius 1 is 1.00 bits per heavy atom. The first kappa shape index (κ1) is 18.5. The number of carbonyl (C=O) groups is 4.